The Morgan fingerprint density at radius 1 is 1.00 bits per heavy atom. The molecule has 1 aromatic heterocycles. The average Bonchev–Trinajstić information content (AvgIpc) is 3.48. The molecular formula is C29H41N7O2. The van der Waals surface area contributed by atoms with Gasteiger partial charge in [0.25, 0.3) is 5.91 Å². The van der Waals surface area contributed by atoms with Crippen molar-refractivity contribution in [3.05, 3.63) is 41.7 Å². The molecule has 2 aromatic rings. The molecule has 2 aliphatic heterocycles. The number of nitrogens with zero attached hydrogens (tertiary/aromatic N) is 5. The molecule has 0 unspecified atom stereocenters. The minimum atomic E-state index is -0.620. The van der Waals surface area contributed by atoms with E-state index in [9.17, 15) is 9.59 Å². The molecule has 3 fully saturated rings. The molecular weight excluding hydrogens is 478 g/mol. The van der Waals surface area contributed by atoms with Gasteiger partial charge in [-0.25, -0.2) is 9.97 Å². The summed E-state index contributed by atoms with van der Waals surface area (Å²) in [6.07, 6.45) is 11.4. The Bertz CT molecular complexity index is 1120. The fourth-order valence-electron chi connectivity index (χ4n) is 6.38. The van der Waals surface area contributed by atoms with Crippen LogP contribution < -0.4 is 16.0 Å². The standard InChI is InChI=1S/C29H41N7O2/c1-20(37)34(2)25-8-5-15-36(19-25)26-18-31-27(28(30)38)29(33-26)32-23-11-9-21(10-12-23)22-13-16-35(17-14-22)24-6-3-4-7-24/h9-12,18,22,24-25H,3-8,13-17,19H2,1-2H3,(H2,30,38)(H,32,33)/t25-/m1/s1. The van der Waals surface area contributed by atoms with E-state index in [-0.39, 0.29) is 17.6 Å². The molecule has 0 bridgehead atoms. The third-order valence-electron chi connectivity index (χ3n) is 8.77. The first-order valence-electron chi connectivity index (χ1n) is 14.1. The van der Waals surface area contributed by atoms with Gasteiger partial charge in [0.05, 0.1) is 6.20 Å². The van der Waals surface area contributed by atoms with Gasteiger partial charge in [-0.15, -0.1) is 0 Å². The highest BCUT2D eigenvalue weighted by molar-refractivity contribution is 5.96. The topological polar surface area (TPSA) is 108 Å². The number of carbonyl (C=O) groups is 2. The van der Waals surface area contributed by atoms with E-state index >= 15 is 0 Å². The number of aromatic nitrogens is 2. The second-order valence-corrected chi connectivity index (χ2v) is 11.2. The average molecular weight is 520 g/mol. The predicted octanol–water partition coefficient (Wildman–Crippen LogP) is 3.89. The van der Waals surface area contributed by atoms with E-state index in [0.717, 1.165) is 31.1 Å². The summed E-state index contributed by atoms with van der Waals surface area (Å²) in [5, 5.41) is 3.29. The lowest BCUT2D eigenvalue weighted by Crippen LogP contribution is -2.48. The van der Waals surface area contributed by atoms with Gasteiger partial charge in [-0.05, 0) is 75.2 Å². The Hall–Kier alpha value is -3.20. The molecule has 5 rings (SSSR count). The molecule has 2 amide bonds. The first-order chi connectivity index (χ1) is 18.4. The van der Waals surface area contributed by atoms with Gasteiger partial charge >= 0.3 is 0 Å². The fourth-order valence-corrected chi connectivity index (χ4v) is 6.38. The predicted molar refractivity (Wildman–Crippen MR) is 150 cm³/mol. The number of carbonyl (C=O) groups excluding carboxylic acids is 2. The van der Waals surface area contributed by atoms with Crippen LogP contribution in [0.1, 0.15) is 80.3 Å². The molecule has 2 saturated heterocycles. The Balaban J connectivity index is 1.26. The molecule has 9 nitrogen and oxygen atoms in total. The second kappa shape index (κ2) is 11.7. The van der Waals surface area contributed by atoms with Crippen LogP contribution in [0, 0.1) is 0 Å². The number of hydrogen-bond acceptors (Lipinski definition) is 7. The van der Waals surface area contributed by atoms with Crippen molar-refractivity contribution in [2.75, 3.05) is 43.4 Å². The highest BCUT2D eigenvalue weighted by atomic mass is 16.2. The molecule has 3 N–H and O–H groups in total. The summed E-state index contributed by atoms with van der Waals surface area (Å²) in [5.74, 6) is 1.05. The van der Waals surface area contributed by atoms with Crippen molar-refractivity contribution in [2.45, 2.75) is 76.3 Å². The second-order valence-electron chi connectivity index (χ2n) is 11.2. The van der Waals surface area contributed by atoms with Crippen LogP contribution in [0.3, 0.4) is 0 Å². The molecule has 204 valence electrons. The van der Waals surface area contributed by atoms with Gasteiger partial charge in [-0.1, -0.05) is 25.0 Å². The summed E-state index contributed by atoms with van der Waals surface area (Å²) in [6, 6.07) is 9.41. The Labute approximate surface area is 225 Å². The molecule has 0 spiro atoms. The summed E-state index contributed by atoms with van der Waals surface area (Å²) < 4.78 is 0. The highest BCUT2D eigenvalue weighted by Gasteiger charge is 2.28. The maximum Gasteiger partial charge on any atom is 0.271 e. The minimum Gasteiger partial charge on any atom is -0.364 e. The number of piperidine rings is 2. The first-order valence-corrected chi connectivity index (χ1v) is 14.1. The lowest BCUT2D eigenvalue weighted by Gasteiger charge is -2.37. The summed E-state index contributed by atoms with van der Waals surface area (Å²) >= 11 is 0. The molecule has 1 aliphatic carbocycles. The van der Waals surface area contributed by atoms with Crippen LogP contribution in [-0.4, -0.2) is 76.9 Å². The van der Waals surface area contributed by atoms with Crippen molar-refractivity contribution < 1.29 is 9.59 Å². The number of rotatable bonds is 7. The van der Waals surface area contributed by atoms with Crippen molar-refractivity contribution in [3.63, 3.8) is 0 Å². The minimum absolute atomic E-state index is 0.0529. The Morgan fingerprint density at radius 2 is 1.71 bits per heavy atom. The number of nitrogens with two attached hydrogens (primary N) is 1. The molecule has 1 saturated carbocycles. The molecule has 38 heavy (non-hydrogen) atoms. The Kier molecular flexibility index (Phi) is 8.12. The third-order valence-corrected chi connectivity index (χ3v) is 8.77. The quantitative estimate of drug-likeness (QED) is 0.571. The van der Waals surface area contributed by atoms with Crippen LogP contribution in [0.2, 0.25) is 0 Å². The zero-order valence-electron chi connectivity index (χ0n) is 22.7. The van der Waals surface area contributed by atoms with Gasteiger partial charge < -0.3 is 25.8 Å². The number of hydrogen-bond donors (Lipinski definition) is 2. The molecule has 3 heterocycles. The number of anilines is 3. The van der Waals surface area contributed by atoms with Crippen molar-refractivity contribution in [1.29, 1.82) is 0 Å². The zero-order valence-corrected chi connectivity index (χ0v) is 22.7. The van der Waals surface area contributed by atoms with Gasteiger partial charge in [0.15, 0.2) is 11.5 Å². The summed E-state index contributed by atoms with van der Waals surface area (Å²) in [7, 11) is 1.84. The third kappa shape index (κ3) is 5.93. The van der Waals surface area contributed by atoms with E-state index in [1.807, 2.05) is 7.05 Å². The zero-order chi connectivity index (χ0) is 26.6. The maximum atomic E-state index is 12.1. The smallest absolute Gasteiger partial charge is 0.271 e. The normalized spacial score (nSPS) is 21.4. The number of nitrogens with one attached hydrogen (secondary N) is 1. The van der Waals surface area contributed by atoms with Crippen molar-refractivity contribution in [3.8, 4) is 0 Å². The van der Waals surface area contributed by atoms with E-state index in [2.05, 4.69) is 44.4 Å². The maximum absolute atomic E-state index is 12.1. The van der Waals surface area contributed by atoms with Crippen molar-refractivity contribution >= 4 is 29.1 Å². The van der Waals surface area contributed by atoms with Crippen LogP contribution in [0.5, 0.6) is 0 Å². The van der Waals surface area contributed by atoms with Crippen LogP contribution in [0.25, 0.3) is 0 Å². The highest BCUT2D eigenvalue weighted by Crippen LogP contribution is 2.33. The number of primary amides is 1. The van der Waals surface area contributed by atoms with Gasteiger partial charge in [-0.2, -0.15) is 0 Å². The SMILES string of the molecule is CC(=O)N(C)[C@@H]1CCCN(c2cnc(C(N)=O)c(Nc3ccc(C4CCN(C5CCCC5)CC4)cc3)n2)C1. The van der Waals surface area contributed by atoms with Crippen LogP contribution in [0.4, 0.5) is 17.3 Å². The summed E-state index contributed by atoms with van der Waals surface area (Å²) in [5.41, 5.74) is 7.96. The van der Waals surface area contributed by atoms with E-state index in [1.165, 1.54) is 57.2 Å². The largest absolute Gasteiger partial charge is 0.364 e. The van der Waals surface area contributed by atoms with Gasteiger partial charge in [0, 0.05) is 44.8 Å². The monoisotopic (exact) mass is 519 g/mol. The lowest BCUT2D eigenvalue weighted by molar-refractivity contribution is -0.129. The van der Waals surface area contributed by atoms with Crippen LogP contribution in [0.15, 0.2) is 30.5 Å². The van der Waals surface area contributed by atoms with E-state index in [1.54, 1.807) is 18.0 Å². The molecule has 0 radical (unpaired) electrons. The molecule has 3 aliphatic rings. The number of benzene rings is 1. The van der Waals surface area contributed by atoms with Crippen LogP contribution >= 0.6 is 0 Å². The molecule has 1 atom stereocenters. The van der Waals surface area contributed by atoms with E-state index < -0.39 is 5.91 Å². The summed E-state index contributed by atoms with van der Waals surface area (Å²) in [6.45, 7) is 5.47. The van der Waals surface area contributed by atoms with Gasteiger partial charge in [0.1, 0.15) is 5.82 Å². The first kappa shape index (κ1) is 26.4. The summed E-state index contributed by atoms with van der Waals surface area (Å²) in [4.78, 5) is 39.7. The van der Waals surface area contributed by atoms with Crippen LogP contribution in [-0.2, 0) is 4.79 Å². The number of amides is 2. The molecule has 1 aromatic carbocycles. The van der Waals surface area contributed by atoms with Gasteiger partial charge in [-0.3, -0.25) is 9.59 Å². The van der Waals surface area contributed by atoms with Crippen molar-refractivity contribution in [2.24, 2.45) is 5.73 Å². The van der Waals surface area contributed by atoms with Crippen molar-refractivity contribution in [1.82, 2.24) is 19.8 Å². The molecule has 9 heteroatoms. The lowest BCUT2D eigenvalue weighted by atomic mass is 9.88. The van der Waals surface area contributed by atoms with E-state index in [4.69, 9.17) is 10.7 Å². The van der Waals surface area contributed by atoms with Gasteiger partial charge in [0.2, 0.25) is 5.91 Å². The Morgan fingerprint density at radius 3 is 2.37 bits per heavy atom. The number of likely N-dealkylation sites (N-methyl/N-ethyl adjacent to an activating group) is 1. The van der Waals surface area contributed by atoms with E-state index in [0.29, 0.717) is 24.1 Å². The number of likely N-dealkylation sites (tertiary alicyclic amines) is 1. The fraction of sp³-hybridized carbons (Fsp3) is 0.586.